The minimum Gasteiger partial charge on any atom is -0.336 e. The molecule has 0 amide bonds. The Morgan fingerprint density at radius 3 is 2.67 bits per heavy atom. The lowest BCUT2D eigenvalue weighted by Crippen LogP contribution is -2.24. The molecule has 0 aromatic carbocycles. The summed E-state index contributed by atoms with van der Waals surface area (Å²) < 4.78 is 0. The smallest absolute Gasteiger partial charge is 0.226 e. The number of anilines is 1. The van der Waals surface area contributed by atoms with Crippen LogP contribution in [0.5, 0.6) is 0 Å². The van der Waals surface area contributed by atoms with Crippen LogP contribution < -0.4 is 4.90 Å². The van der Waals surface area contributed by atoms with E-state index in [0.717, 1.165) is 16.7 Å². The van der Waals surface area contributed by atoms with Gasteiger partial charge in [0.15, 0.2) is 0 Å². The quantitative estimate of drug-likeness (QED) is 0.624. The zero-order chi connectivity index (χ0) is 13.0. The van der Waals surface area contributed by atoms with Crippen LogP contribution in [0.3, 0.4) is 0 Å². The summed E-state index contributed by atoms with van der Waals surface area (Å²) in [4.78, 5) is 15.2. The van der Waals surface area contributed by atoms with Gasteiger partial charge in [-0.1, -0.05) is 6.07 Å². The van der Waals surface area contributed by atoms with Gasteiger partial charge in [-0.2, -0.15) is 0 Å². The summed E-state index contributed by atoms with van der Waals surface area (Å²) in [5.74, 6) is 0.722. The molecule has 1 atom stereocenters. The van der Waals surface area contributed by atoms with Crippen LogP contribution in [0.4, 0.5) is 5.95 Å². The van der Waals surface area contributed by atoms with E-state index in [0.29, 0.717) is 0 Å². The molecule has 5 heteroatoms. The molecule has 0 aliphatic rings. The van der Waals surface area contributed by atoms with E-state index in [2.05, 4.69) is 21.9 Å². The normalized spacial score (nSPS) is 12.2. The number of hydrogen-bond acceptors (Lipinski definition) is 5. The van der Waals surface area contributed by atoms with Crippen LogP contribution in [0.1, 0.15) is 18.7 Å². The second kappa shape index (κ2) is 5.82. The summed E-state index contributed by atoms with van der Waals surface area (Å²) in [5, 5.41) is 0.972. The van der Waals surface area contributed by atoms with Gasteiger partial charge < -0.3 is 4.90 Å². The van der Waals surface area contributed by atoms with Crippen LogP contribution in [-0.2, 0) is 0 Å². The van der Waals surface area contributed by atoms with Crippen LogP contribution in [-0.4, -0.2) is 28.3 Å². The van der Waals surface area contributed by atoms with Gasteiger partial charge in [-0.25, -0.2) is 9.97 Å². The van der Waals surface area contributed by atoms with Crippen molar-refractivity contribution >= 4 is 17.7 Å². The van der Waals surface area contributed by atoms with Crippen molar-refractivity contribution in [2.45, 2.75) is 18.0 Å². The Balaban J connectivity index is 2.22. The topological polar surface area (TPSA) is 41.9 Å². The van der Waals surface area contributed by atoms with Gasteiger partial charge in [-0.15, -0.1) is 11.8 Å². The second-order valence-electron chi connectivity index (χ2n) is 3.94. The first-order valence-corrected chi connectivity index (χ1v) is 6.95. The van der Waals surface area contributed by atoms with Crippen molar-refractivity contribution in [2.24, 2.45) is 0 Å². The second-order valence-corrected chi connectivity index (χ2v) is 4.77. The summed E-state index contributed by atoms with van der Waals surface area (Å²) in [5.41, 5.74) is 1.01. The Kier molecular flexibility index (Phi) is 4.15. The molecule has 0 spiro atoms. The van der Waals surface area contributed by atoms with Crippen molar-refractivity contribution in [3.8, 4) is 0 Å². The molecule has 0 radical (unpaired) electrons. The van der Waals surface area contributed by atoms with Crippen LogP contribution in [0.15, 0.2) is 41.7 Å². The van der Waals surface area contributed by atoms with E-state index in [1.165, 1.54) is 0 Å². The average molecular weight is 260 g/mol. The van der Waals surface area contributed by atoms with Crippen molar-refractivity contribution in [2.75, 3.05) is 18.2 Å². The van der Waals surface area contributed by atoms with E-state index in [4.69, 9.17) is 0 Å². The maximum atomic E-state index is 4.49. The van der Waals surface area contributed by atoms with Crippen molar-refractivity contribution in [1.82, 2.24) is 15.0 Å². The molecule has 4 nitrogen and oxygen atoms in total. The van der Waals surface area contributed by atoms with Crippen LogP contribution in [0.25, 0.3) is 0 Å². The Hall–Kier alpha value is -1.62. The zero-order valence-electron chi connectivity index (χ0n) is 10.7. The first-order chi connectivity index (χ1) is 8.72. The molecule has 2 heterocycles. The van der Waals surface area contributed by atoms with E-state index in [1.807, 2.05) is 42.5 Å². The molecule has 0 N–H and O–H groups in total. The van der Waals surface area contributed by atoms with Gasteiger partial charge in [-0.3, -0.25) is 4.98 Å². The highest BCUT2D eigenvalue weighted by atomic mass is 32.2. The summed E-state index contributed by atoms with van der Waals surface area (Å²) in [7, 11) is 1.98. The average Bonchev–Trinajstić information content (AvgIpc) is 2.46. The first kappa shape index (κ1) is 12.8. The van der Waals surface area contributed by atoms with E-state index < -0.39 is 0 Å². The standard InChI is InChI=1S/C13H16N4S/c1-10(11-6-4-5-8-14-11)17(2)13-15-9-7-12(16-13)18-3/h4-10H,1-3H3/t10-/m0/s1. The minimum atomic E-state index is 0.142. The molecule has 18 heavy (non-hydrogen) atoms. The maximum Gasteiger partial charge on any atom is 0.226 e. The lowest BCUT2D eigenvalue weighted by atomic mass is 10.2. The Morgan fingerprint density at radius 1 is 1.17 bits per heavy atom. The van der Waals surface area contributed by atoms with Gasteiger partial charge in [0.05, 0.1) is 11.7 Å². The van der Waals surface area contributed by atoms with Gasteiger partial charge in [0, 0.05) is 19.4 Å². The Morgan fingerprint density at radius 2 is 2.00 bits per heavy atom. The highest BCUT2D eigenvalue weighted by Crippen LogP contribution is 2.22. The van der Waals surface area contributed by atoms with Gasteiger partial charge in [0.25, 0.3) is 0 Å². The predicted octanol–water partition coefficient (Wildman–Crippen LogP) is 2.79. The summed E-state index contributed by atoms with van der Waals surface area (Å²) in [6.07, 6.45) is 5.60. The largest absolute Gasteiger partial charge is 0.336 e. The van der Waals surface area contributed by atoms with Crippen LogP contribution >= 0.6 is 11.8 Å². The van der Waals surface area contributed by atoms with Crippen molar-refractivity contribution < 1.29 is 0 Å². The highest BCUT2D eigenvalue weighted by Gasteiger charge is 2.15. The molecule has 0 saturated heterocycles. The first-order valence-electron chi connectivity index (χ1n) is 5.73. The molecule has 0 unspecified atom stereocenters. The highest BCUT2D eigenvalue weighted by molar-refractivity contribution is 7.98. The number of pyridine rings is 1. The fraction of sp³-hybridized carbons (Fsp3) is 0.308. The third-order valence-electron chi connectivity index (χ3n) is 2.84. The van der Waals surface area contributed by atoms with E-state index in [1.54, 1.807) is 24.2 Å². The van der Waals surface area contributed by atoms with Crippen LogP contribution in [0, 0.1) is 0 Å². The molecule has 0 aliphatic carbocycles. The molecule has 2 aromatic heterocycles. The molecule has 0 aliphatic heterocycles. The van der Waals surface area contributed by atoms with Gasteiger partial charge in [-0.05, 0) is 31.4 Å². The summed E-state index contributed by atoms with van der Waals surface area (Å²) in [6.45, 7) is 2.09. The number of rotatable bonds is 4. The Bertz CT molecular complexity index is 503. The summed E-state index contributed by atoms with van der Waals surface area (Å²) in [6, 6.07) is 7.98. The predicted molar refractivity (Wildman–Crippen MR) is 74.9 cm³/mol. The van der Waals surface area contributed by atoms with E-state index >= 15 is 0 Å². The maximum absolute atomic E-state index is 4.49. The van der Waals surface area contributed by atoms with Gasteiger partial charge >= 0.3 is 0 Å². The minimum absolute atomic E-state index is 0.142. The molecule has 2 rings (SSSR count). The SMILES string of the molecule is CSc1ccnc(N(C)[C@@H](C)c2ccccn2)n1. The van der Waals surface area contributed by atoms with E-state index in [9.17, 15) is 0 Å². The van der Waals surface area contributed by atoms with Crippen molar-refractivity contribution in [3.05, 3.63) is 42.4 Å². The number of thioether (sulfide) groups is 1. The fourth-order valence-electron chi connectivity index (χ4n) is 1.61. The Labute approximate surface area is 111 Å². The number of aromatic nitrogens is 3. The molecular weight excluding hydrogens is 244 g/mol. The molecule has 2 aromatic rings. The lowest BCUT2D eigenvalue weighted by Gasteiger charge is -2.24. The van der Waals surface area contributed by atoms with Crippen LogP contribution in [0.2, 0.25) is 0 Å². The molecule has 0 saturated carbocycles. The molecule has 94 valence electrons. The third kappa shape index (κ3) is 2.79. The lowest BCUT2D eigenvalue weighted by molar-refractivity contribution is 0.688. The van der Waals surface area contributed by atoms with Gasteiger partial charge in [0.1, 0.15) is 5.03 Å². The number of hydrogen-bond donors (Lipinski definition) is 0. The zero-order valence-corrected chi connectivity index (χ0v) is 11.6. The monoisotopic (exact) mass is 260 g/mol. The summed E-state index contributed by atoms with van der Waals surface area (Å²) >= 11 is 1.61. The van der Waals surface area contributed by atoms with Crippen molar-refractivity contribution in [3.63, 3.8) is 0 Å². The van der Waals surface area contributed by atoms with E-state index in [-0.39, 0.29) is 6.04 Å². The number of nitrogens with zero attached hydrogens (tertiary/aromatic N) is 4. The van der Waals surface area contributed by atoms with Crippen molar-refractivity contribution in [1.29, 1.82) is 0 Å². The molecule has 0 fully saturated rings. The fourth-order valence-corrected chi connectivity index (χ4v) is 1.98. The molecular formula is C13H16N4S. The van der Waals surface area contributed by atoms with Gasteiger partial charge in [0.2, 0.25) is 5.95 Å². The third-order valence-corrected chi connectivity index (χ3v) is 3.48. The molecule has 0 bridgehead atoms.